The van der Waals surface area contributed by atoms with Crippen LogP contribution in [0.4, 0.5) is 4.39 Å². The molecule has 1 unspecified atom stereocenters. The van der Waals surface area contributed by atoms with E-state index in [-0.39, 0.29) is 16.6 Å². The van der Waals surface area contributed by atoms with Crippen LogP contribution in [-0.4, -0.2) is 5.38 Å². The molecule has 1 rings (SSSR count). The number of aryl methyl sites for hydroxylation is 1. The summed E-state index contributed by atoms with van der Waals surface area (Å²) in [5.74, 6) is -0.234. The third kappa shape index (κ3) is 4.85. The van der Waals surface area contributed by atoms with Crippen LogP contribution in [0, 0.1) is 11.2 Å². The van der Waals surface area contributed by atoms with Gasteiger partial charge in [0.1, 0.15) is 5.82 Å². The molecule has 1 aromatic carbocycles. The van der Waals surface area contributed by atoms with E-state index in [1.807, 2.05) is 0 Å². The minimum atomic E-state index is -0.234. The first-order valence-electron chi connectivity index (χ1n) is 5.88. The van der Waals surface area contributed by atoms with E-state index in [0.29, 0.717) is 5.02 Å². The molecule has 0 spiro atoms. The fraction of sp³-hybridized carbons (Fsp3) is 0.571. The van der Waals surface area contributed by atoms with Crippen LogP contribution in [0.15, 0.2) is 18.2 Å². The van der Waals surface area contributed by atoms with E-state index in [1.165, 1.54) is 12.1 Å². The minimum absolute atomic E-state index is 0.104. The van der Waals surface area contributed by atoms with Gasteiger partial charge < -0.3 is 0 Å². The summed E-state index contributed by atoms with van der Waals surface area (Å²) in [7, 11) is 0. The second-order valence-corrected chi connectivity index (χ2v) is 6.40. The summed E-state index contributed by atoms with van der Waals surface area (Å²) in [6, 6.07) is 4.49. The Bertz CT molecular complexity index is 369. The lowest BCUT2D eigenvalue weighted by atomic mass is 9.88. The summed E-state index contributed by atoms with van der Waals surface area (Å²) in [5.41, 5.74) is 0.970. The fourth-order valence-corrected chi connectivity index (χ4v) is 2.01. The van der Waals surface area contributed by atoms with Crippen LogP contribution < -0.4 is 0 Å². The van der Waals surface area contributed by atoms with Gasteiger partial charge in [-0.3, -0.25) is 0 Å². The maximum absolute atomic E-state index is 13.0. The van der Waals surface area contributed by atoms with Gasteiger partial charge >= 0.3 is 0 Å². The molecule has 3 heteroatoms. The second-order valence-electron chi connectivity index (χ2n) is 5.46. The molecule has 0 fully saturated rings. The van der Waals surface area contributed by atoms with E-state index >= 15 is 0 Å². The highest BCUT2D eigenvalue weighted by atomic mass is 35.5. The first-order chi connectivity index (χ1) is 7.80. The van der Waals surface area contributed by atoms with E-state index in [1.54, 1.807) is 6.07 Å². The van der Waals surface area contributed by atoms with Crippen molar-refractivity contribution in [2.45, 2.75) is 45.4 Å². The zero-order valence-corrected chi connectivity index (χ0v) is 12.1. The van der Waals surface area contributed by atoms with Gasteiger partial charge in [0.25, 0.3) is 0 Å². The summed E-state index contributed by atoms with van der Waals surface area (Å²) < 4.78 is 13.0. The van der Waals surface area contributed by atoms with Gasteiger partial charge in [0.05, 0.1) is 0 Å². The minimum Gasteiger partial charge on any atom is -0.207 e. The molecule has 0 aliphatic carbocycles. The molecule has 0 aliphatic rings. The highest BCUT2D eigenvalue weighted by Gasteiger charge is 2.21. The Hall–Kier alpha value is -0.270. The average Bonchev–Trinajstić information content (AvgIpc) is 2.21. The molecule has 17 heavy (non-hydrogen) atoms. The van der Waals surface area contributed by atoms with Gasteiger partial charge in [0, 0.05) is 10.4 Å². The van der Waals surface area contributed by atoms with Crippen LogP contribution in [0.2, 0.25) is 5.02 Å². The van der Waals surface area contributed by atoms with E-state index < -0.39 is 0 Å². The Kier molecular flexibility index (Phi) is 5.27. The van der Waals surface area contributed by atoms with E-state index in [0.717, 1.165) is 24.8 Å². The number of halogens is 3. The number of rotatable bonds is 4. The van der Waals surface area contributed by atoms with Crippen LogP contribution in [0.5, 0.6) is 0 Å². The Labute approximate surface area is 113 Å². The van der Waals surface area contributed by atoms with Crippen LogP contribution >= 0.6 is 23.2 Å². The Morgan fingerprint density at radius 3 is 2.53 bits per heavy atom. The lowest BCUT2D eigenvalue weighted by molar-refractivity contribution is 0.369. The highest BCUT2D eigenvalue weighted by molar-refractivity contribution is 6.31. The zero-order valence-electron chi connectivity index (χ0n) is 10.6. The Morgan fingerprint density at radius 2 is 1.94 bits per heavy atom. The molecule has 0 nitrogen and oxygen atoms in total. The summed E-state index contributed by atoms with van der Waals surface area (Å²) >= 11 is 12.3. The van der Waals surface area contributed by atoms with Gasteiger partial charge in [-0.05, 0) is 48.4 Å². The van der Waals surface area contributed by atoms with Crippen molar-refractivity contribution in [3.63, 3.8) is 0 Å². The molecular formula is C14H19Cl2F. The zero-order chi connectivity index (χ0) is 13.1. The molecule has 0 N–H and O–H groups in total. The van der Waals surface area contributed by atoms with Crippen LogP contribution in [0.3, 0.4) is 0 Å². The average molecular weight is 277 g/mol. The quantitative estimate of drug-likeness (QED) is 0.641. The third-order valence-corrected chi connectivity index (χ3v) is 4.09. The summed E-state index contributed by atoms with van der Waals surface area (Å²) in [6.07, 6.45) is 2.61. The number of alkyl halides is 1. The van der Waals surface area contributed by atoms with Gasteiger partial charge in [-0.2, -0.15) is 0 Å². The van der Waals surface area contributed by atoms with Gasteiger partial charge in [-0.25, -0.2) is 4.39 Å². The molecule has 96 valence electrons. The first kappa shape index (κ1) is 14.8. The van der Waals surface area contributed by atoms with Gasteiger partial charge in [-0.15, -0.1) is 11.6 Å². The van der Waals surface area contributed by atoms with E-state index in [2.05, 4.69) is 20.8 Å². The van der Waals surface area contributed by atoms with Crippen molar-refractivity contribution >= 4 is 23.2 Å². The number of benzene rings is 1. The van der Waals surface area contributed by atoms with Gasteiger partial charge in [-0.1, -0.05) is 32.4 Å². The standard InChI is InChI=1S/C14H19Cl2F/c1-14(2,3)13(16)6-4-5-10-9-11(17)7-8-12(10)15/h7-9,13H,4-6H2,1-3H3. The summed E-state index contributed by atoms with van der Waals surface area (Å²) in [6.45, 7) is 6.37. The first-order valence-corrected chi connectivity index (χ1v) is 6.70. The van der Waals surface area contributed by atoms with Crippen molar-refractivity contribution in [2.75, 3.05) is 0 Å². The monoisotopic (exact) mass is 276 g/mol. The van der Waals surface area contributed by atoms with Crippen molar-refractivity contribution in [3.05, 3.63) is 34.6 Å². The fourth-order valence-electron chi connectivity index (χ4n) is 1.64. The number of hydrogen-bond acceptors (Lipinski definition) is 0. The topological polar surface area (TPSA) is 0 Å². The highest BCUT2D eigenvalue weighted by Crippen LogP contribution is 2.29. The predicted octanol–water partition coefficient (Wildman–Crippen LogP) is 5.46. The maximum atomic E-state index is 13.0. The van der Waals surface area contributed by atoms with Crippen molar-refractivity contribution < 1.29 is 4.39 Å². The molecule has 0 saturated heterocycles. The molecule has 0 bridgehead atoms. The normalized spacial score (nSPS) is 13.8. The second kappa shape index (κ2) is 6.06. The SMILES string of the molecule is CC(C)(C)C(Cl)CCCc1cc(F)ccc1Cl. The maximum Gasteiger partial charge on any atom is 0.123 e. The lowest BCUT2D eigenvalue weighted by Crippen LogP contribution is -2.20. The summed E-state index contributed by atoms with van der Waals surface area (Å²) in [4.78, 5) is 0. The van der Waals surface area contributed by atoms with Crippen molar-refractivity contribution in [1.82, 2.24) is 0 Å². The van der Waals surface area contributed by atoms with E-state index in [4.69, 9.17) is 23.2 Å². The van der Waals surface area contributed by atoms with Crippen molar-refractivity contribution in [3.8, 4) is 0 Å². The van der Waals surface area contributed by atoms with E-state index in [9.17, 15) is 4.39 Å². The molecule has 0 aromatic heterocycles. The molecule has 0 aliphatic heterocycles. The summed E-state index contributed by atoms with van der Waals surface area (Å²) in [5, 5.41) is 0.767. The van der Waals surface area contributed by atoms with Crippen LogP contribution in [0.25, 0.3) is 0 Å². The van der Waals surface area contributed by atoms with Crippen LogP contribution in [0.1, 0.15) is 39.2 Å². The lowest BCUT2D eigenvalue weighted by Gasteiger charge is -2.25. The van der Waals surface area contributed by atoms with Crippen molar-refractivity contribution in [2.24, 2.45) is 5.41 Å². The predicted molar refractivity (Wildman–Crippen MR) is 73.4 cm³/mol. The number of hydrogen-bond donors (Lipinski definition) is 0. The largest absolute Gasteiger partial charge is 0.207 e. The Morgan fingerprint density at radius 1 is 1.29 bits per heavy atom. The molecule has 0 amide bonds. The molecule has 1 aromatic rings. The van der Waals surface area contributed by atoms with Crippen LogP contribution in [-0.2, 0) is 6.42 Å². The molecule has 0 radical (unpaired) electrons. The van der Waals surface area contributed by atoms with Gasteiger partial charge in [0.15, 0.2) is 0 Å². The third-order valence-electron chi connectivity index (χ3n) is 2.85. The molecule has 0 heterocycles. The molecular weight excluding hydrogens is 258 g/mol. The van der Waals surface area contributed by atoms with Crippen molar-refractivity contribution in [1.29, 1.82) is 0 Å². The smallest absolute Gasteiger partial charge is 0.123 e. The van der Waals surface area contributed by atoms with Gasteiger partial charge in [0.2, 0.25) is 0 Å². The Balaban J connectivity index is 2.49. The molecule has 1 atom stereocenters. The molecule has 0 saturated carbocycles.